The first kappa shape index (κ1) is 21.7. The maximum Gasteiger partial charge on any atom is 0.335 e. The van der Waals surface area contributed by atoms with Crippen LogP contribution in [0.5, 0.6) is 5.75 Å². The molecule has 2 aromatic carbocycles. The highest BCUT2D eigenvalue weighted by Gasteiger charge is 2.26. The van der Waals surface area contributed by atoms with Crippen LogP contribution in [0, 0.1) is 5.92 Å². The molecule has 29 heavy (non-hydrogen) atoms. The van der Waals surface area contributed by atoms with Crippen LogP contribution in [-0.2, 0) is 11.2 Å². The highest BCUT2D eigenvalue weighted by Crippen LogP contribution is 2.23. The number of urea groups is 1. The van der Waals surface area contributed by atoms with E-state index in [-0.39, 0.29) is 12.5 Å². The van der Waals surface area contributed by atoms with Crippen LogP contribution in [0.25, 0.3) is 0 Å². The number of carboxylic acid groups (broad SMARTS) is 2. The summed E-state index contributed by atoms with van der Waals surface area (Å²) in [6, 6.07) is 14.1. The predicted molar refractivity (Wildman–Crippen MR) is 107 cm³/mol. The lowest BCUT2D eigenvalue weighted by Gasteiger charge is -2.18. The topological polar surface area (TPSA) is 116 Å². The molecule has 1 aliphatic heterocycles. The third-order valence-electron chi connectivity index (χ3n) is 4.59. The normalized spacial score (nSPS) is 15.1. The zero-order valence-electron chi connectivity index (χ0n) is 16.1. The molecular weight excluding hydrogens is 376 g/mol. The number of nitrogens with one attached hydrogen (secondary N) is 1. The van der Waals surface area contributed by atoms with Crippen LogP contribution in [0.2, 0.25) is 0 Å². The summed E-state index contributed by atoms with van der Waals surface area (Å²) in [6.07, 6.45) is 1.67. The van der Waals surface area contributed by atoms with Crippen molar-refractivity contribution in [1.29, 1.82) is 0 Å². The van der Waals surface area contributed by atoms with Gasteiger partial charge in [-0.3, -0.25) is 4.79 Å². The smallest absolute Gasteiger partial charge is 0.335 e. The number of hydrogen-bond acceptors (Lipinski definition) is 4. The quantitative estimate of drug-likeness (QED) is 0.664. The van der Waals surface area contributed by atoms with E-state index in [9.17, 15) is 9.59 Å². The molecule has 1 heterocycles. The van der Waals surface area contributed by atoms with Gasteiger partial charge in [-0.2, -0.15) is 0 Å². The summed E-state index contributed by atoms with van der Waals surface area (Å²) in [4.78, 5) is 33.7. The van der Waals surface area contributed by atoms with Gasteiger partial charge in [-0.25, -0.2) is 9.59 Å². The Hall–Kier alpha value is -3.55. The summed E-state index contributed by atoms with van der Waals surface area (Å²) >= 11 is 0. The number of aromatic carboxylic acids is 1. The van der Waals surface area contributed by atoms with E-state index in [0.717, 1.165) is 18.4 Å². The van der Waals surface area contributed by atoms with E-state index in [2.05, 4.69) is 5.32 Å². The zero-order chi connectivity index (χ0) is 21.2. The van der Waals surface area contributed by atoms with Crippen molar-refractivity contribution in [3.63, 3.8) is 0 Å². The van der Waals surface area contributed by atoms with Crippen molar-refractivity contribution in [2.45, 2.75) is 12.8 Å². The van der Waals surface area contributed by atoms with Gasteiger partial charge in [0.15, 0.2) is 0 Å². The van der Waals surface area contributed by atoms with E-state index in [0.29, 0.717) is 36.0 Å². The first-order valence-electron chi connectivity index (χ1n) is 9.07. The number of benzene rings is 2. The van der Waals surface area contributed by atoms with Crippen molar-refractivity contribution in [3.8, 4) is 5.75 Å². The zero-order valence-corrected chi connectivity index (χ0v) is 16.1. The number of carbonyl (C=O) groups excluding carboxylic acids is 1. The second-order valence-electron chi connectivity index (χ2n) is 6.58. The van der Waals surface area contributed by atoms with Gasteiger partial charge >= 0.3 is 12.0 Å². The van der Waals surface area contributed by atoms with Crippen molar-refractivity contribution < 1.29 is 29.3 Å². The van der Waals surface area contributed by atoms with Crippen molar-refractivity contribution in [2.75, 3.05) is 25.5 Å². The number of ether oxygens (including phenoxy) is 1. The standard InChI is InChI=1S/C20H22N2O4.CH2O2/c1-26-18-7-3-6-17(12-18)21-20(25)22-9-8-15(13-22)10-14-4-2-5-16(11-14)19(23)24;2-1-3/h2-7,11-12,15H,8-10,13H2,1H3,(H,21,25)(H,23,24);1H,(H,2,3). The monoisotopic (exact) mass is 400 g/mol. The summed E-state index contributed by atoms with van der Waals surface area (Å²) in [5.74, 6) is 0.105. The molecule has 2 aromatic rings. The van der Waals surface area contributed by atoms with Crippen molar-refractivity contribution in [1.82, 2.24) is 4.90 Å². The third kappa shape index (κ3) is 6.53. The molecule has 8 heteroatoms. The second kappa shape index (κ2) is 10.7. The molecule has 3 rings (SSSR count). The Morgan fingerprint density at radius 2 is 1.97 bits per heavy atom. The minimum atomic E-state index is -0.919. The molecular formula is C21H24N2O6. The molecule has 3 N–H and O–H groups in total. The maximum absolute atomic E-state index is 12.5. The summed E-state index contributed by atoms with van der Waals surface area (Å²) in [6.45, 7) is 1.10. The van der Waals surface area contributed by atoms with Crippen LogP contribution in [0.1, 0.15) is 22.3 Å². The molecule has 1 saturated heterocycles. The lowest BCUT2D eigenvalue weighted by molar-refractivity contribution is -0.122. The molecule has 1 aliphatic rings. The number of likely N-dealkylation sites (tertiary alicyclic amines) is 1. The minimum absolute atomic E-state index is 0.125. The number of nitrogens with zero attached hydrogens (tertiary/aromatic N) is 1. The van der Waals surface area contributed by atoms with Crippen LogP contribution >= 0.6 is 0 Å². The van der Waals surface area contributed by atoms with Gasteiger partial charge < -0.3 is 25.2 Å². The lowest BCUT2D eigenvalue weighted by Crippen LogP contribution is -2.33. The number of amides is 2. The summed E-state index contributed by atoms with van der Waals surface area (Å²) in [7, 11) is 1.59. The molecule has 1 fully saturated rings. The number of rotatable bonds is 5. The van der Waals surface area contributed by atoms with Crippen molar-refractivity contribution in [2.24, 2.45) is 5.92 Å². The van der Waals surface area contributed by atoms with E-state index < -0.39 is 5.97 Å². The van der Waals surface area contributed by atoms with Gasteiger partial charge in [0.05, 0.1) is 12.7 Å². The maximum atomic E-state index is 12.5. The average Bonchev–Trinajstić information content (AvgIpc) is 3.17. The Morgan fingerprint density at radius 1 is 1.24 bits per heavy atom. The van der Waals surface area contributed by atoms with E-state index in [1.165, 1.54) is 0 Å². The van der Waals surface area contributed by atoms with Gasteiger partial charge in [-0.15, -0.1) is 0 Å². The highest BCUT2D eigenvalue weighted by atomic mass is 16.5. The van der Waals surface area contributed by atoms with Gasteiger partial charge in [0.1, 0.15) is 5.75 Å². The number of carbonyl (C=O) groups is 3. The van der Waals surface area contributed by atoms with E-state index >= 15 is 0 Å². The number of hydrogen-bond donors (Lipinski definition) is 3. The van der Waals surface area contributed by atoms with E-state index in [4.69, 9.17) is 19.7 Å². The lowest BCUT2D eigenvalue weighted by atomic mass is 9.97. The Balaban J connectivity index is 0.000000941. The molecule has 1 atom stereocenters. The first-order valence-corrected chi connectivity index (χ1v) is 9.07. The van der Waals surface area contributed by atoms with Crippen molar-refractivity contribution >= 4 is 24.2 Å². The third-order valence-corrected chi connectivity index (χ3v) is 4.59. The van der Waals surface area contributed by atoms with Gasteiger partial charge in [0.25, 0.3) is 6.47 Å². The van der Waals surface area contributed by atoms with Crippen LogP contribution in [0.15, 0.2) is 48.5 Å². The molecule has 2 amide bonds. The molecule has 0 radical (unpaired) electrons. The molecule has 154 valence electrons. The van der Waals surface area contributed by atoms with Crippen LogP contribution in [0.3, 0.4) is 0 Å². The van der Waals surface area contributed by atoms with Crippen LogP contribution < -0.4 is 10.1 Å². The fourth-order valence-corrected chi connectivity index (χ4v) is 3.25. The Morgan fingerprint density at radius 3 is 2.66 bits per heavy atom. The van der Waals surface area contributed by atoms with Gasteiger partial charge in [-0.05, 0) is 48.6 Å². The fourth-order valence-electron chi connectivity index (χ4n) is 3.25. The Labute approximate surface area is 168 Å². The number of anilines is 1. The van der Waals surface area contributed by atoms with Crippen LogP contribution in [-0.4, -0.2) is 53.8 Å². The minimum Gasteiger partial charge on any atom is -0.497 e. The number of carboxylic acids is 1. The average molecular weight is 400 g/mol. The molecule has 0 bridgehead atoms. The molecule has 0 aliphatic carbocycles. The first-order chi connectivity index (χ1) is 14.0. The molecule has 0 aromatic heterocycles. The van der Waals surface area contributed by atoms with Crippen molar-refractivity contribution in [3.05, 3.63) is 59.7 Å². The Kier molecular flexibility index (Phi) is 8.02. The van der Waals surface area contributed by atoms with Crippen LogP contribution in [0.4, 0.5) is 10.5 Å². The molecule has 8 nitrogen and oxygen atoms in total. The van der Waals surface area contributed by atoms with E-state index in [1.807, 2.05) is 24.3 Å². The second-order valence-corrected chi connectivity index (χ2v) is 6.58. The molecule has 0 saturated carbocycles. The van der Waals surface area contributed by atoms with Gasteiger partial charge in [0, 0.05) is 24.8 Å². The largest absolute Gasteiger partial charge is 0.497 e. The summed E-state index contributed by atoms with van der Waals surface area (Å²) < 4.78 is 5.17. The molecule has 0 spiro atoms. The highest BCUT2D eigenvalue weighted by molar-refractivity contribution is 5.89. The number of methoxy groups -OCH3 is 1. The SMILES string of the molecule is COc1cccc(NC(=O)N2CCC(Cc3cccc(C(=O)O)c3)C2)c1.O=CO. The molecule has 1 unspecified atom stereocenters. The van der Waals surface area contributed by atoms with Gasteiger partial charge in [-0.1, -0.05) is 18.2 Å². The summed E-state index contributed by atoms with van der Waals surface area (Å²) in [5, 5.41) is 18.9. The van der Waals surface area contributed by atoms with E-state index in [1.54, 1.807) is 36.3 Å². The summed E-state index contributed by atoms with van der Waals surface area (Å²) in [5.41, 5.74) is 1.99. The predicted octanol–water partition coefficient (Wildman–Crippen LogP) is 3.19. The Bertz CT molecular complexity index is 855. The van der Waals surface area contributed by atoms with Gasteiger partial charge in [0.2, 0.25) is 0 Å². The fraction of sp³-hybridized carbons (Fsp3) is 0.286.